The molecule has 4 nitrogen and oxygen atoms in total. The van der Waals surface area contributed by atoms with Crippen LogP contribution in [-0.2, 0) is 25.7 Å². The molecule has 2 aliphatic rings. The van der Waals surface area contributed by atoms with E-state index in [9.17, 15) is 0 Å². The first-order valence-corrected chi connectivity index (χ1v) is 6.57. The van der Waals surface area contributed by atoms with Gasteiger partial charge in [-0.25, -0.2) is 0 Å². The molecular formula is C14H18N2O2. The summed E-state index contributed by atoms with van der Waals surface area (Å²) in [6.07, 6.45) is 6.64. The maximum atomic E-state index is 8.94. The molecule has 0 fully saturated rings. The van der Waals surface area contributed by atoms with Crippen molar-refractivity contribution in [2.24, 2.45) is 11.1 Å². The van der Waals surface area contributed by atoms with Gasteiger partial charge < -0.3 is 5.21 Å². The molecule has 0 spiro atoms. The number of hydrogen-bond donors (Lipinski definition) is 3. The number of amidine groups is 1. The molecule has 0 aromatic heterocycles. The van der Waals surface area contributed by atoms with Crippen molar-refractivity contribution in [3.63, 3.8) is 0 Å². The van der Waals surface area contributed by atoms with E-state index in [0.717, 1.165) is 12.8 Å². The van der Waals surface area contributed by atoms with Crippen LogP contribution in [-0.4, -0.2) is 16.3 Å². The fraction of sp³-hybridized carbons (Fsp3) is 0.500. The Balaban J connectivity index is 1.89. The molecule has 0 saturated heterocycles. The van der Waals surface area contributed by atoms with Crippen LogP contribution in [0.3, 0.4) is 0 Å². The third-order valence-corrected chi connectivity index (χ3v) is 4.21. The number of fused-ring (bicyclic) bond motifs is 2. The molecule has 0 amide bonds. The van der Waals surface area contributed by atoms with E-state index in [1.165, 1.54) is 47.9 Å². The number of hydrogen-bond acceptors (Lipinski definition) is 3. The number of aryl methyl sites for hydroxylation is 2. The molecule has 2 aliphatic carbocycles. The number of nitrogens with zero attached hydrogens (tertiary/aromatic N) is 1. The number of benzene rings is 1. The van der Waals surface area contributed by atoms with Gasteiger partial charge in [0, 0.05) is 5.92 Å². The molecule has 4 heteroatoms. The van der Waals surface area contributed by atoms with Crippen LogP contribution in [0.2, 0.25) is 0 Å². The third kappa shape index (κ3) is 1.86. The lowest BCUT2D eigenvalue weighted by Crippen LogP contribution is -2.28. The second kappa shape index (κ2) is 4.61. The van der Waals surface area contributed by atoms with Crippen LogP contribution < -0.4 is 5.48 Å². The van der Waals surface area contributed by atoms with Gasteiger partial charge in [0.15, 0.2) is 5.84 Å². The van der Waals surface area contributed by atoms with Gasteiger partial charge in [0.2, 0.25) is 0 Å². The summed E-state index contributed by atoms with van der Waals surface area (Å²) in [5.74, 6) is 0.336. The zero-order valence-corrected chi connectivity index (χ0v) is 10.3. The first kappa shape index (κ1) is 11.5. The summed E-state index contributed by atoms with van der Waals surface area (Å²) in [6.45, 7) is 0. The standard InChI is InChI=1S/C14H18N2O2/c17-15-14(16-18)13-7-11-5-9-3-1-2-4-10(9)6-12(11)8-13/h5-6,13,17-18H,1-4,7-8H2,(H,15,16). The van der Waals surface area contributed by atoms with Crippen LogP contribution in [0.4, 0.5) is 0 Å². The van der Waals surface area contributed by atoms with Crippen molar-refractivity contribution in [2.45, 2.75) is 38.5 Å². The van der Waals surface area contributed by atoms with Crippen LogP contribution in [0, 0.1) is 5.92 Å². The largest absolute Gasteiger partial charge is 0.409 e. The van der Waals surface area contributed by atoms with Gasteiger partial charge in [0.05, 0.1) is 0 Å². The SMILES string of the molecule is ON=C(NO)C1Cc2cc3c(cc2C1)CCCC3. The summed E-state index contributed by atoms with van der Waals surface area (Å²) in [5, 5.41) is 20.9. The van der Waals surface area contributed by atoms with E-state index in [0.29, 0.717) is 0 Å². The third-order valence-electron chi connectivity index (χ3n) is 4.21. The molecular weight excluding hydrogens is 228 g/mol. The normalized spacial score (nSPS) is 19.5. The van der Waals surface area contributed by atoms with E-state index in [1.54, 1.807) is 0 Å². The van der Waals surface area contributed by atoms with Crippen LogP contribution >= 0.6 is 0 Å². The van der Waals surface area contributed by atoms with Crippen LogP contribution in [0.1, 0.15) is 35.1 Å². The molecule has 0 aliphatic heterocycles. The summed E-state index contributed by atoms with van der Waals surface area (Å²) in [6, 6.07) is 4.63. The lowest BCUT2D eigenvalue weighted by Gasteiger charge is -2.17. The predicted molar refractivity (Wildman–Crippen MR) is 68.1 cm³/mol. The average molecular weight is 246 g/mol. The van der Waals surface area contributed by atoms with E-state index in [-0.39, 0.29) is 11.8 Å². The van der Waals surface area contributed by atoms with Crippen molar-refractivity contribution in [3.05, 3.63) is 34.4 Å². The Morgan fingerprint density at radius 1 is 1.06 bits per heavy atom. The van der Waals surface area contributed by atoms with Crippen molar-refractivity contribution in [2.75, 3.05) is 0 Å². The smallest absolute Gasteiger partial charge is 0.168 e. The first-order valence-electron chi connectivity index (χ1n) is 6.57. The molecule has 0 unspecified atom stereocenters. The quantitative estimate of drug-likeness (QED) is 0.307. The van der Waals surface area contributed by atoms with Gasteiger partial charge in [-0.15, -0.1) is 0 Å². The lowest BCUT2D eigenvalue weighted by atomic mass is 9.89. The fourth-order valence-corrected chi connectivity index (χ4v) is 3.26. The molecule has 0 radical (unpaired) electrons. The summed E-state index contributed by atoms with van der Waals surface area (Å²) >= 11 is 0. The Labute approximate surface area is 106 Å². The minimum Gasteiger partial charge on any atom is -0.409 e. The molecule has 3 rings (SSSR count). The number of oxime groups is 1. The van der Waals surface area contributed by atoms with E-state index in [4.69, 9.17) is 10.4 Å². The summed E-state index contributed by atoms with van der Waals surface area (Å²) in [5.41, 5.74) is 7.66. The van der Waals surface area contributed by atoms with Gasteiger partial charge in [-0.3, -0.25) is 10.7 Å². The highest BCUT2D eigenvalue weighted by Gasteiger charge is 2.27. The number of rotatable bonds is 1. The summed E-state index contributed by atoms with van der Waals surface area (Å²) in [4.78, 5) is 0. The molecule has 0 bridgehead atoms. The highest BCUT2D eigenvalue weighted by Crippen LogP contribution is 2.32. The molecule has 1 aromatic rings. The number of hydroxylamine groups is 1. The van der Waals surface area contributed by atoms with Crippen molar-refractivity contribution < 1.29 is 10.4 Å². The Bertz CT molecular complexity index is 462. The minimum absolute atomic E-state index is 0.0684. The Morgan fingerprint density at radius 2 is 1.61 bits per heavy atom. The van der Waals surface area contributed by atoms with Gasteiger partial charge in [-0.2, -0.15) is 0 Å². The topological polar surface area (TPSA) is 64.9 Å². The zero-order valence-electron chi connectivity index (χ0n) is 10.3. The van der Waals surface area contributed by atoms with E-state index < -0.39 is 0 Å². The fourth-order valence-electron chi connectivity index (χ4n) is 3.26. The molecule has 96 valence electrons. The Kier molecular flexibility index (Phi) is 2.96. The molecule has 3 N–H and O–H groups in total. The molecule has 0 heterocycles. The zero-order chi connectivity index (χ0) is 12.5. The van der Waals surface area contributed by atoms with Crippen molar-refractivity contribution in [1.82, 2.24) is 5.48 Å². The van der Waals surface area contributed by atoms with E-state index in [2.05, 4.69) is 17.3 Å². The maximum Gasteiger partial charge on any atom is 0.168 e. The summed E-state index contributed by atoms with van der Waals surface area (Å²) in [7, 11) is 0. The Hall–Kier alpha value is -1.55. The highest BCUT2D eigenvalue weighted by molar-refractivity contribution is 5.84. The number of nitrogens with one attached hydrogen (secondary N) is 1. The van der Waals surface area contributed by atoms with Gasteiger partial charge in [0.1, 0.15) is 0 Å². The van der Waals surface area contributed by atoms with Gasteiger partial charge in [-0.05, 0) is 60.8 Å². The van der Waals surface area contributed by atoms with Crippen molar-refractivity contribution in [3.8, 4) is 0 Å². The van der Waals surface area contributed by atoms with Crippen molar-refractivity contribution in [1.29, 1.82) is 0 Å². The predicted octanol–water partition coefficient (Wildman–Crippen LogP) is 2.05. The second-order valence-corrected chi connectivity index (χ2v) is 5.30. The molecule has 0 saturated carbocycles. The Morgan fingerprint density at radius 3 is 2.06 bits per heavy atom. The monoisotopic (exact) mass is 246 g/mol. The maximum absolute atomic E-state index is 8.94. The molecule has 1 aromatic carbocycles. The van der Waals surface area contributed by atoms with Crippen LogP contribution in [0.5, 0.6) is 0 Å². The van der Waals surface area contributed by atoms with Crippen LogP contribution in [0.25, 0.3) is 0 Å². The van der Waals surface area contributed by atoms with Crippen molar-refractivity contribution >= 4 is 5.84 Å². The van der Waals surface area contributed by atoms with E-state index >= 15 is 0 Å². The lowest BCUT2D eigenvalue weighted by molar-refractivity contribution is 0.214. The molecule has 0 atom stereocenters. The highest BCUT2D eigenvalue weighted by atomic mass is 16.5. The minimum atomic E-state index is 0.0684. The van der Waals surface area contributed by atoms with Gasteiger partial charge in [-0.1, -0.05) is 17.3 Å². The second-order valence-electron chi connectivity index (χ2n) is 5.30. The van der Waals surface area contributed by atoms with E-state index in [1.807, 2.05) is 5.48 Å². The van der Waals surface area contributed by atoms with Crippen LogP contribution in [0.15, 0.2) is 17.3 Å². The van der Waals surface area contributed by atoms with Gasteiger partial charge in [0.25, 0.3) is 0 Å². The average Bonchev–Trinajstić information content (AvgIpc) is 2.79. The first-order chi connectivity index (χ1) is 8.81. The molecule has 18 heavy (non-hydrogen) atoms. The summed E-state index contributed by atoms with van der Waals surface area (Å²) < 4.78 is 0. The van der Waals surface area contributed by atoms with Gasteiger partial charge >= 0.3 is 0 Å².